The van der Waals surface area contributed by atoms with Gasteiger partial charge < -0.3 is 10.2 Å². The Kier molecular flexibility index (Phi) is 4.18. The molecule has 0 fully saturated rings. The van der Waals surface area contributed by atoms with Gasteiger partial charge in [0.25, 0.3) is 0 Å². The van der Waals surface area contributed by atoms with Crippen molar-refractivity contribution in [3.05, 3.63) is 0 Å². The van der Waals surface area contributed by atoms with Crippen LogP contribution in [0.4, 0.5) is 0 Å². The number of hydrogen-bond acceptors (Lipinski definition) is 3. The van der Waals surface area contributed by atoms with Crippen LogP contribution in [-0.4, -0.2) is 22.2 Å². The van der Waals surface area contributed by atoms with Crippen molar-refractivity contribution in [1.29, 1.82) is 5.26 Å². The van der Waals surface area contributed by atoms with Gasteiger partial charge in [0.2, 0.25) is 0 Å². The van der Waals surface area contributed by atoms with Crippen LogP contribution < -0.4 is 0 Å². The maximum atomic E-state index is 10.8. The first kappa shape index (κ1) is 12.0. The first-order valence-electron chi connectivity index (χ1n) is 3.74. The van der Waals surface area contributed by atoms with Crippen molar-refractivity contribution >= 4 is 11.9 Å². The summed E-state index contributed by atoms with van der Waals surface area (Å²) < 4.78 is 0. The monoisotopic (exact) mass is 195 g/mol. The van der Waals surface area contributed by atoms with Gasteiger partial charge in [0.05, 0.1) is 18.9 Å². The van der Waals surface area contributed by atoms with E-state index in [-0.39, 0.29) is 6.42 Å². The summed E-state index contributed by atoms with van der Waals surface area (Å²) in [5.74, 6) is -0.543. The Hall–Kier alpha value is -2.01. The SMILES string of the molecule is C#CCC(CC#N)(CC(=O)O)C(=O)O. The second-order valence-electron chi connectivity index (χ2n) is 2.87. The van der Waals surface area contributed by atoms with Gasteiger partial charge in [-0.05, 0) is 0 Å². The number of nitriles is 1. The second kappa shape index (κ2) is 4.88. The first-order valence-corrected chi connectivity index (χ1v) is 3.74. The molecule has 1 unspecified atom stereocenters. The van der Waals surface area contributed by atoms with Crippen LogP contribution in [0.25, 0.3) is 0 Å². The summed E-state index contributed by atoms with van der Waals surface area (Å²) in [5.41, 5.74) is -1.66. The highest BCUT2D eigenvalue weighted by molar-refractivity contribution is 5.82. The van der Waals surface area contributed by atoms with Crippen LogP contribution in [0.1, 0.15) is 19.3 Å². The standard InChI is InChI=1S/C9H9NO4/c1-2-3-9(4-5-10,8(13)14)6-7(11)12/h1H,3-4,6H2,(H,11,12)(H,13,14). The van der Waals surface area contributed by atoms with Crippen molar-refractivity contribution in [1.82, 2.24) is 0 Å². The average Bonchev–Trinajstić information content (AvgIpc) is 2.03. The Morgan fingerprint density at radius 2 is 1.93 bits per heavy atom. The molecule has 0 aromatic heterocycles. The predicted molar refractivity (Wildman–Crippen MR) is 46.0 cm³/mol. The number of carboxylic acid groups (broad SMARTS) is 2. The number of nitrogens with zero attached hydrogens (tertiary/aromatic N) is 1. The van der Waals surface area contributed by atoms with E-state index in [4.69, 9.17) is 21.9 Å². The topological polar surface area (TPSA) is 98.4 Å². The van der Waals surface area contributed by atoms with Gasteiger partial charge in [0.15, 0.2) is 0 Å². The quantitative estimate of drug-likeness (QED) is 0.621. The molecule has 0 radical (unpaired) electrons. The molecule has 5 heteroatoms. The largest absolute Gasteiger partial charge is 0.481 e. The van der Waals surface area contributed by atoms with Gasteiger partial charge in [-0.15, -0.1) is 12.3 Å². The minimum Gasteiger partial charge on any atom is -0.481 e. The molecule has 0 bridgehead atoms. The number of terminal acetylenes is 1. The lowest BCUT2D eigenvalue weighted by Crippen LogP contribution is -2.33. The van der Waals surface area contributed by atoms with Gasteiger partial charge in [0, 0.05) is 6.42 Å². The van der Waals surface area contributed by atoms with Crippen molar-refractivity contribution in [2.45, 2.75) is 19.3 Å². The molecule has 14 heavy (non-hydrogen) atoms. The summed E-state index contributed by atoms with van der Waals surface area (Å²) in [6.45, 7) is 0. The lowest BCUT2D eigenvalue weighted by Gasteiger charge is -2.21. The third-order valence-electron chi connectivity index (χ3n) is 1.80. The smallest absolute Gasteiger partial charge is 0.312 e. The van der Waals surface area contributed by atoms with Crippen molar-refractivity contribution < 1.29 is 19.8 Å². The summed E-state index contributed by atoms with van der Waals surface area (Å²) in [7, 11) is 0. The van der Waals surface area contributed by atoms with Gasteiger partial charge in [-0.2, -0.15) is 5.26 Å². The van der Waals surface area contributed by atoms with Crippen LogP contribution in [-0.2, 0) is 9.59 Å². The van der Waals surface area contributed by atoms with Gasteiger partial charge in [-0.25, -0.2) is 0 Å². The van der Waals surface area contributed by atoms with E-state index >= 15 is 0 Å². The van der Waals surface area contributed by atoms with E-state index in [0.29, 0.717) is 0 Å². The summed E-state index contributed by atoms with van der Waals surface area (Å²) >= 11 is 0. The number of carboxylic acids is 2. The van der Waals surface area contributed by atoms with Gasteiger partial charge in [-0.3, -0.25) is 9.59 Å². The van der Waals surface area contributed by atoms with Gasteiger partial charge >= 0.3 is 11.9 Å². The van der Waals surface area contributed by atoms with E-state index in [2.05, 4.69) is 5.92 Å². The molecule has 0 aromatic carbocycles. The van der Waals surface area contributed by atoms with Crippen LogP contribution in [0.5, 0.6) is 0 Å². The molecule has 74 valence electrons. The van der Waals surface area contributed by atoms with Crippen LogP contribution in [0.2, 0.25) is 0 Å². The Balaban J connectivity index is 4.96. The molecule has 0 amide bonds. The minimum atomic E-state index is -1.66. The third kappa shape index (κ3) is 2.80. The molecule has 2 N–H and O–H groups in total. The van der Waals surface area contributed by atoms with E-state index in [1.807, 2.05) is 0 Å². The zero-order chi connectivity index (χ0) is 11.2. The number of rotatable bonds is 5. The Bertz CT molecular complexity index is 305. The average molecular weight is 195 g/mol. The minimum absolute atomic E-state index is 0.262. The van der Waals surface area contributed by atoms with Crippen LogP contribution in [0.15, 0.2) is 0 Å². The Morgan fingerprint density at radius 3 is 2.21 bits per heavy atom. The van der Waals surface area contributed by atoms with Crippen molar-refractivity contribution in [2.75, 3.05) is 0 Å². The van der Waals surface area contributed by atoms with Crippen molar-refractivity contribution in [3.63, 3.8) is 0 Å². The van der Waals surface area contributed by atoms with Crippen LogP contribution >= 0.6 is 0 Å². The molecular weight excluding hydrogens is 186 g/mol. The van der Waals surface area contributed by atoms with Gasteiger partial charge in [-0.1, -0.05) is 0 Å². The highest BCUT2D eigenvalue weighted by Gasteiger charge is 2.40. The summed E-state index contributed by atoms with van der Waals surface area (Å²) in [6.07, 6.45) is 3.64. The molecule has 0 saturated heterocycles. The molecule has 0 spiro atoms. The molecular formula is C9H9NO4. The fraction of sp³-hybridized carbons (Fsp3) is 0.444. The van der Waals surface area contributed by atoms with E-state index in [1.165, 1.54) is 0 Å². The predicted octanol–water partition coefficient (Wildman–Crippen LogP) is 0.469. The molecule has 0 aliphatic rings. The molecule has 0 aliphatic heterocycles. The molecule has 0 aromatic rings. The number of carbonyl (C=O) groups is 2. The maximum absolute atomic E-state index is 10.8. The lowest BCUT2D eigenvalue weighted by molar-refractivity contribution is -0.155. The zero-order valence-corrected chi connectivity index (χ0v) is 7.36. The Morgan fingerprint density at radius 1 is 1.36 bits per heavy atom. The first-order chi connectivity index (χ1) is 6.48. The summed E-state index contributed by atoms with van der Waals surface area (Å²) in [4.78, 5) is 21.3. The molecule has 1 atom stereocenters. The van der Waals surface area contributed by atoms with Crippen LogP contribution in [0.3, 0.4) is 0 Å². The van der Waals surface area contributed by atoms with E-state index < -0.39 is 30.2 Å². The van der Waals surface area contributed by atoms with Crippen molar-refractivity contribution in [2.24, 2.45) is 5.41 Å². The Labute approximate surface area is 81.0 Å². The van der Waals surface area contributed by atoms with E-state index in [1.54, 1.807) is 6.07 Å². The fourth-order valence-corrected chi connectivity index (χ4v) is 1.05. The highest BCUT2D eigenvalue weighted by atomic mass is 16.4. The molecule has 0 saturated carbocycles. The molecule has 5 nitrogen and oxygen atoms in total. The second-order valence-corrected chi connectivity index (χ2v) is 2.87. The fourth-order valence-electron chi connectivity index (χ4n) is 1.05. The summed E-state index contributed by atoms with van der Waals surface area (Å²) in [5, 5.41) is 25.8. The van der Waals surface area contributed by atoms with E-state index in [9.17, 15) is 9.59 Å². The van der Waals surface area contributed by atoms with E-state index in [0.717, 1.165) is 0 Å². The maximum Gasteiger partial charge on any atom is 0.312 e. The number of hydrogen-bond donors (Lipinski definition) is 2. The molecule has 0 heterocycles. The molecule has 0 rings (SSSR count). The molecule has 0 aliphatic carbocycles. The van der Waals surface area contributed by atoms with Crippen molar-refractivity contribution in [3.8, 4) is 18.4 Å². The number of aliphatic carboxylic acids is 2. The van der Waals surface area contributed by atoms with Crippen LogP contribution in [0, 0.1) is 29.1 Å². The third-order valence-corrected chi connectivity index (χ3v) is 1.80. The normalized spacial score (nSPS) is 13.3. The summed E-state index contributed by atoms with van der Waals surface area (Å²) in [6, 6.07) is 1.64. The zero-order valence-electron chi connectivity index (χ0n) is 7.36. The highest BCUT2D eigenvalue weighted by Crippen LogP contribution is 2.30. The lowest BCUT2D eigenvalue weighted by atomic mass is 9.79. The van der Waals surface area contributed by atoms with Gasteiger partial charge in [0.1, 0.15) is 5.41 Å².